The number of carbonyl (C=O) groups excluding carboxylic acids is 1. The molecule has 4 atom stereocenters. The molecule has 0 aromatic carbocycles. The fourth-order valence-corrected chi connectivity index (χ4v) is 3.04. The molecule has 14 heavy (non-hydrogen) atoms. The summed E-state index contributed by atoms with van der Waals surface area (Å²) >= 11 is 0. The van der Waals surface area contributed by atoms with Gasteiger partial charge < -0.3 is 9.84 Å². The zero-order chi connectivity index (χ0) is 10.1. The van der Waals surface area contributed by atoms with E-state index in [0.29, 0.717) is 11.8 Å². The van der Waals surface area contributed by atoms with Crippen molar-refractivity contribution in [2.75, 3.05) is 7.11 Å². The van der Waals surface area contributed by atoms with E-state index >= 15 is 0 Å². The Morgan fingerprint density at radius 3 is 2.79 bits per heavy atom. The lowest BCUT2D eigenvalue weighted by molar-refractivity contribution is -0.149. The monoisotopic (exact) mass is 198 g/mol. The van der Waals surface area contributed by atoms with Gasteiger partial charge in [-0.1, -0.05) is 0 Å². The molecule has 2 aliphatic carbocycles. The van der Waals surface area contributed by atoms with Crippen LogP contribution in [-0.4, -0.2) is 24.3 Å². The van der Waals surface area contributed by atoms with Crippen LogP contribution in [0.5, 0.6) is 0 Å². The lowest BCUT2D eigenvalue weighted by atomic mass is 9.67. The van der Waals surface area contributed by atoms with Crippen LogP contribution in [-0.2, 0) is 9.53 Å². The van der Waals surface area contributed by atoms with Gasteiger partial charge in [-0.2, -0.15) is 0 Å². The Kier molecular flexibility index (Phi) is 2.77. The van der Waals surface area contributed by atoms with Gasteiger partial charge in [0.25, 0.3) is 0 Å². The normalized spacial score (nSPS) is 41.9. The van der Waals surface area contributed by atoms with Crippen molar-refractivity contribution in [3.8, 4) is 0 Å². The van der Waals surface area contributed by atoms with Crippen LogP contribution in [0.4, 0.5) is 0 Å². The summed E-state index contributed by atoms with van der Waals surface area (Å²) in [7, 11) is 1.45. The van der Waals surface area contributed by atoms with E-state index < -0.39 is 0 Å². The molecule has 0 aliphatic heterocycles. The molecule has 0 aromatic heterocycles. The molecule has 0 aromatic rings. The summed E-state index contributed by atoms with van der Waals surface area (Å²) in [5.41, 5.74) is 0. The topological polar surface area (TPSA) is 46.5 Å². The first-order valence-corrected chi connectivity index (χ1v) is 5.46. The lowest BCUT2D eigenvalue weighted by Gasteiger charge is -2.40. The number of hydrogen-bond donors (Lipinski definition) is 1. The average molecular weight is 198 g/mol. The van der Waals surface area contributed by atoms with Gasteiger partial charge >= 0.3 is 5.97 Å². The van der Waals surface area contributed by atoms with Crippen LogP contribution in [0.1, 0.15) is 32.1 Å². The summed E-state index contributed by atoms with van der Waals surface area (Å²) in [6.45, 7) is 0. The molecule has 0 saturated heterocycles. The molecule has 2 rings (SSSR count). The number of ether oxygens (including phenoxy) is 1. The molecule has 0 amide bonds. The van der Waals surface area contributed by atoms with Crippen molar-refractivity contribution in [3.63, 3.8) is 0 Å². The van der Waals surface area contributed by atoms with E-state index in [1.165, 1.54) is 7.11 Å². The molecule has 0 radical (unpaired) electrons. The Hall–Kier alpha value is -0.570. The number of aliphatic hydroxyl groups excluding tert-OH is 1. The van der Waals surface area contributed by atoms with Crippen LogP contribution in [0.25, 0.3) is 0 Å². The maximum absolute atomic E-state index is 11.4. The molecule has 4 unspecified atom stereocenters. The van der Waals surface area contributed by atoms with Crippen LogP contribution in [0.3, 0.4) is 0 Å². The predicted molar refractivity (Wildman–Crippen MR) is 51.6 cm³/mol. The van der Waals surface area contributed by atoms with E-state index in [1.54, 1.807) is 0 Å². The second-order valence-corrected chi connectivity index (χ2v) is 4.70. The maximum Gasteiger partial charge on any atom is 0.308 e. The van der Waals surface area contributed by atoms with Crippen LogP contribution < -0.4 is 0 Å². The lowest BCUT2D eigenvalue weighted by Crippen LogP contribution is -2.38. The van der Waals surface area contributed by atoms with Gasteiger partial charge in [0.1, 0.15) is 0 Å². The highest BCUT2D eigenvalue weighted by atomic mass is 16.5. The van der Waals surface area contributed by atoms with E-state index in [0.717, 1.165) is 32.1 Å². The van der Waals surface area contributed by atoms with Gasteiger partial charge in [-0.05, 0) is 43.9 Å². The van der Waals surface area contributed by atoms with Crippen molar-refractivity contribution in [3.05, 3.63) is 0 Å². The summed E-state index contributed by atoms with van der Waals surface area (Å²) in [5.74, 6) is 0.931. The van der Waals surface area contributed by atoms with Crippen LogP contribution >= 0.6 is 0 Å². The molecule has 2 fully saturated rings. The fourth-order valence-electron chi connectivity index (χ4n) is 3.04. The minimum Gasteiger partial charge on any atom is -0.469 e. The zero-order valence-corrected chi connectivity index (χ0v) is 8.61. The van der Waals surface area contributed by atoms with Gasteiger partial charge in [0, 0.05) is 0 Å². The van der Waals surface area contributed by atoms with Crippen molar-refractivity contribution in [2.24, 2.45) is 17.8 Å². The molecule has 2 bridgehead atoms. The standard InChI is InChI=1S/C11H18O3/c1-14-11(13)9-5-7-2-3-10(12)8(4-7)6-9/h7-10,12H,2-6H2,1H3. The van der Waals surface area contributed by atoms with Crippen molar-refractivity contribution in [2.45, 2.75) is 38.2 Å². The number of rotatable bonds is 1. The molecule has 3 nitrogen and oxygen atoms in total. The third-order valence-electron chi connectivity index (χ3n) is 3.79. The molecule has 0 heterocycles. The Balaban J connectivity index is 2.01. The van der Waals surface area contributed by atoms with Crippen molar-refractivity contribution < 1.29 is 14.6 Å². The second-order valence-electron chi connectivity index (χ2n) is 4.70. The summed E-state index contributed by atoms with van der Waals surface area (Å²) < 4.78 is 4.77. The number of methoxy groups -OCH3 is 1. The highest BCUT2D eigenvalue weighted by molar-refractivity contribution is 5.72. The first kappa shape index (κ1) is 9.97. The van der Waals surface area contributed by atoms with Crippen LogP contribution in [0.15, 0.2) is 0 Å². The minimum absolute atomic E-state index is 0.0405. The first-order chi connectivity index (χ1) is 6.70. The van der Waals surface area contributed by atoms with Gasteiger partial charge in [-0.25, -0.2) is 0 Å². The fraction of sp³-hybridized carbons (Fsp3) is 0.909. The Morgan fingerprint density at radius 1 is 1.29 bits per heavy atom. The Morgan fingerprint density at radius 2 is 2.07 bits per heavy atom. The molecule has 2 saturated carbocycles. The molecular formula is C11H18O3. The van der Waals surface area contributed by atoms with E-state index in [1.807, 2.05) is 0 Å². The summed E-state index contributed by atoms with van der Waals surface area (Å²) in [6.07, 6.45) is 4.71. The third-order valence-corrected chi connectivity index (χ3v) is 3.79. The minimum atomic E-state index is -0.182. The molecule has 2 aliphatic rings. The van der Waals surface area contributed by atoms with Gasteiger partial charge in [0.2, 0.25) is 0 Å². The Labute approximate surface area is 84.4 Å². The predicted octanol–water partition coefficient (Wildman–Crippen LogP) is 1.35. The third kappa shape index (κ3) is 1.78. The summed E-state index contributed by atoms with van der Waals surface area (Å²) in [6, 6.07) is 0. The van der Waals surface area contributed by atoms with Crippen molar-refractivity contribution in [1.29, 1.82) is 0 Å². The largest absolute Gasteiger partial charge is 0.469 e. The SMILES string of the molecule is COC(=O)C1CC2CCC(O)C(C2)C1. The Bertz CT molecular complexity index is 227. The van der Waals surface area contributed by atoms with E-state index in [9.17, 15) is 9.90 Å². The molecule has 0 spiro atoms. The summed E-state index contributed by atoms with van der Waals surface area (Å²) in [5, 5.41) is 9.74. The van der Waals surface area contributed by atoms with Crippen molar-refractivity contribution >= 4 is 5.97 Å². The van der Waals surface area contributed by atoms with Gasteiger partial charge in [-0.15, -0.1) is 0 Å². The number of aliphatic hydroxyl groups is 1. The summed E-state index contributed by atoms with van der Waals surface area (Å²) in [4.78, 5) is 11.4. The molecule has 3 heteroatoms. The second kappa shape index (κ2) is 3.89. The van der Waals surface area contributed by atoms with E-state index in [4.69, 9.17) is 4.74 Å². The number of fused-ring (bicyclic) bond motifs is 2. The van der Waals surface area contributed by atoms with Crippen LogP contribution in [0, 0.1) is 17.8 Å². The average Bonchev–Trinajstić information content (AvgIpc) is 2.22. The van der Waals surface area contributed by atoms with Crippen molar-refractivity contribution in [1.82, 2.24) is 0 Å². The van der Waals surface area contributed by atoms with E-state index in [2.05, 4.69) is 0 Å². The number of hydrogen-bond acceptors (Lipinski definition) is 3. The maximum atomic E-state index is 11.4. The number of esters is 1. The number of carbonyl (C=O) groups is 1. The van der Waals surface area contributed by atoms with Gasteiger partial charge in [0.15, 0.2) is 0 Å². The molecule has 1 N–H and O–H groups in total. The molecular weight excluding hydrogens is 180 g/mol. The van der Waals surface area contributed by atoms with Crippen LogP contribution in [0.2, 0.25) is 0 Å². The zero-order valence-electron chi connectivity index (χ0n) is 8.61. The molecule has 80 valence electrons. The first-order valence-electron chi connectivity index (χ1n) is 5.46. The highest BCUT2D eigenvalue weighted by Gasteiger charge is 2.39. The smallest absolute Gasteiger partial charge is 0.308 e. The van der Waals surface area contributed by atoms with Gasteiger partial charge in [0.05, 0.1) is 19.1 Å². The van der Waals surface area contributed by atoms with E-state index in [-0.39, 0.29) is 18.0 Å². The van der Waals surface area contributed by atoms with Gasteiger partial charge in [-0.3, -0.25) is 4.79 Å². The highest BCUT2D eigenvalue weighted by Crippen LogP contribution is 2.42. The quantitative estimate of drug-likeness (QED) is 0.647.